The van der Waals surface area contributed by atoms with Gasteiger partial charge >= 0.3 is 0 Å². The number of fused-ring (bicyclic) bond motifs is 1. The van der Waals surface area contributed by atoms with Crippen LogP contribution in [0.1, 0.15) is 51.5 Å². The van der Waals surface area contributed by atoms with Crippen LogP contribution in [0.15, 0.2) is 18.2 Å². The monoisotopic (exact) mass is 289 g/mol. The number of nitrogens with one attached hydrogen (secondary N) is 1. The van der Waals surface area contributed by atoms with Crippen LogP contribution in [0.2, 0.25) is 0 Å². The predicted octanol–water partition coefficient (Wildman–Crippen LogP) is 4.11. The zero-order valence-corrected chi connectivity index (χ0v) is 13.3. The topological polar surface area (TPSA) is 30.5 Å². The molecule has 3 nitrogen and oxygen atoms in total. The van der Waals surface area contributed by atoms with E-state index >= 15 is 0 Å². The van der Waals surface area contributed by atoms with Gasteiger partial charge < -0.3 is 14.8 Å². The lowest BCUT2D eigenvalue weighted by Gasteiger charge is -2.31. The molecule has 2 aliphatic rings. The van der Waals surface area contributed by atoms with Crippen molar-refractivity contribution in [3.63, 3.8) is 0 Å². The molecule has 1 heterocycles. The fourth-order valence-corrected chi connectivity index (χ4v) is 3.97. The maximum atomic E-state index is 5.44. The number of benzene rings is 1. The number of hydrogen-bond donors (Lipinski definition) is 1. The fourth-order valence-electron chi connectivity index (χ4n) is 3.97. The average Bonchev–Trinajstić information content (AvgIpc) is 3.07. The van der Waals surface area contributed by atoms with Crippen molar-refractivity contribution in [2.75, 3.05) is 13.3 Å². The second kappa shape index (κ2) is 6.27. The molecule has 0 saturated heterocycles. The molecular weight excluding hydrogens is 262 g/mol. The zero-order valence-electron chi connectivity index (χ0n) is 13.3. The van der Waals surface area contributed by atoms with E-state index in [-0.39, 0.29) is 0 Å². The van der Waals surface area contributed by atoms with E-state index in [4.69, 9.17) is 9.47 Å². The number of hydrogen-bond acceptors (Lipinski definition) is 3. The minimum atomic E-state index is 0.351. The zero-order chi connectivity index (χ0) is 14.7. The highest BCUT2D eigenvalue weighted by Crippen LogP contribution is 2.42. The lowest BCUT2D eigenvalue weighted by molar-refractivity contribution is 0.174. The van der Waals surface area contributed by atoms with E-state index in [9.17, 15) is 0 Å². The van der Waals surface area contributed by atoms with E-state index in [1.807, 2.05) is 6.07 Å². The smallest absolute Gasteiger partial charge is 0.231 e. The molecule has 0 unspecified atom stereocenters. The van der Waals surface area contributed by atoms with Crippen molar-refractivity contribution in [3.8, 4) is 11.5 Å². The molecule has 116 valence electrons. The Bertz CT molecular complexity index is 478. The van der Waals surface area contributed by atoms with E-state index in [1.165, 1.54) is 37.7 Å². The fraction of sp³-hybridized carbons (Fsp3) is 0.667. The molecule has 0 spiro atoms. The summed E-state index contributed by atoms with van der Waals surface area (Å²) in [5.74, 6) is 2.54. The molecule has 0 radical (unpaired) electrons. The molecule has 3 rings (SSSR count). The van der Waals surface area contributed by atoms with Crippen molar-refractivity contribution in [1.29, 1.82) is 0 Å². The van der Waals surface area contributed by atoms with Crippen LogP contribution in [-0.4, -0.2) is 13.3 Å². The van der Waals surface area contributed by atoms with Crippen molar-refractivity contribution >= 4 is 0 Å². The SMILES string of the molecule is CC(C)CC1(CNCc2ccc3c(c2)OCO3)CCCC1. The van der Waals surface area contributed by atoms with Crippen LogP contribution in [0.5, 0.6) is 11.5 Å². The van der Waals surface area contributed by atoms with Gasteiger partial charge in [0, 0.05) is 13.1 Å². The average molecular weight is 289 g/mol. The highest BCUT2D eigenvalue weighted by atomic mass is 16.7. The molecule has 1 aromatic carbocycles. The van der Waals surface area contributed by atoms with Crippen LogP contribution < -0.4 is 14.8 Å². The molecule has 0 aromatic heterocycles. The molecule has 1 fully saturated rings. The molecule has 1 aromatic rings. The Hall–Kier alpha value is -1.22. The molecule has 1 aliphatic heterocycles. The Morgan fingerprint density at radius 1 is 1.14 bits per heavy atom. The molecule has 21 heavy (non-hydrogen) atoms. The van der Waals surface area contributed by atoms with Gasteiger partial charge in [0.05, 0.1) is 0 Å². The van der Waals surface area contributed by atoms with E-state index in [0.29, 0.717) is 12.2 Å². The lowest BCUT2D eigenvalue weighted by Crippen LogP contribution is -2.33. The van der Waals surface area contributed by atoms with Crippen LogP contribution >= 0.6 is 0 Å². The molecule has 3 heteroatoms. The summed E-state index contributed by atoms with van der Waals surface area (Å²) >= 11 is 0. The van der Waals surface area contributed by atoms with Crippen LogP contribution in [0.3, 0.4) is 0 Å². The van der Waals surface area contributed by atoms with E-state index in [2.05, 4.69) is 31.3 Å². The van der Waals surface area contributed by atoms with Crippen molar-refractivity contribution in [2.24, 2.45) is 11.3 Å². The largest absolute Gasteiger partial charge is 0.454 e. The Labute approximate surface area is 128 Å². The third-order valence-corrected chi connectivity index (χ3v) is 4.77. The van der Waals surface area contributed by atoms with Gasteiger partial charge in [0.1, 0.15) is 0 Å². The van der Waals surface area contributed by atoms with Crippen molar-refractivity contribution in [1.82, 2.24) is 5.32 Å². The van der Waals surface area contributed by atoms with Gasteiger partial charge in [-0.2, -0.15) is 0 Å². The molecular formula is C18H27NO2. The van der Waals surface area contributed by atoms with Gasteiger partial charge in [0.25, 0.3) is 0 Å². The first-order chi connectivity index (χ1) is 10.2. The molecule has 0 amide bonds. The third-order valence-electron chi connectivity index (χ3n) is 4.77. The molecule has 0 atom stereocenters. The Morgan fingerprint density at radius 2 is 1.90 bits per heavy atom. The highest BCUT2D eigenvalue weighted by molar-refractivity contribution is 5.44. The number of ether oxygens (including phenoxy) is 2. The summed E-state index contributed by atoms with van der Waals surface area (Å²) in [4.78, 5) is 0. The van der Waals surface area contributed by atoms with Gasteiger partial charge in [-0.15, -0.1) is 0 Å². The standard InChI is InChI=1S/C18H27NO2/c1-14(2)10-18(7-3-4-8-18)12-19-11-15-5-6-16-17(9-15)21-13-20-16/h5-6,9,14,19H,3-4,7-8,10-13H2,1-2H3. The van der Waals surface area contributed by atoms with Gasteiger partial charge in [-0.1, -0.05) is 32.8 Å². The summed E-state index contributed by atoms with van der Waals surface area (Å²) in [6, 6.07) is 6.24. The second-order valence-electron chi connectivity index (χ2n) is 7.10. The van der Waals surface area contributed by atoms with Gasteiger partial charge in [-0.05, 0) is 48.3 Å². The normalized spacial score (nSPS) is 19.4. The lowest BCUT2D eigenvalue weighted by atomic mass is 9.78. The summed E-state index contributed by atoms with van der Waals surface area (Å²) in [6.45, 7) is 7.09. The van der Waals surface area contributed by atoms with Crippen molar-refractivity contribution < 1.29 is 9.47 Å². The van der Waals surface area contributed by atoms with Crippen LogP contribution in [-0.2, 0) is 6.54 Å². The van der Waals surface area contributed by atoms with Crippen molar-refractivity contribution in [3.05, 3.63) is 23.8 Å². The summed E-state index contributed by atoms with van der Waals surface area (Å²) in [5.41, 5.74) is 1.81. The number of rotatable bonds is 6. The summed E-state index contributed by atoms with van der Waals surface area (Å²) < 4.78 is 10.8. The maximum absolute atomic E-state index is 5.44. The summed E-state index contributed by atoms with van der Waals surface area (Å²) in [7, 11) is 0. The molecule has 0 bridgehead atoms. The van der Waals surface area contributed by atoms with Crippen LogP contribution in [0.25, 0.3) is 0 Å². The minimum absolute atomic E-state index is 0.351. The van der Waals surface area contributed by atoms with Gasteiger partial charge in [0.2, 0.25) is 6.79 Å². The predicted molar refractivity (Wildman–Crippen MR) is 84.6 cm³/mol. The minimum Gasteiger partial charge on any atom is -0.454 e. The Balaban J connectivity index is 1.55. The van der Waals surface area contributed by atoms with E-state index in [1.54, 1.807) is 0 Å². The van der Waals surface area contributed by atoms with Crippen molar-refractivity contribution in [2.45, 2.75) is 52.5 Å². The maximum Gasteiger partial charge on any atom is 0.231 e. The first-order valence-electron chi connectivity index (χ1n) is 8.26. The van der Waals surface area contributed by atoms with E-state index in [0.717, 1.165) is 30.5 Å². The summed E-state index contributed by atoms with van der Waals surface area (Å²) in [6.07, 6.45) is 6.93. The Morgan fingerprint density at radius 3 is 2.67 bits per heavy atom. The molecule has 1 saturated carbocycles. The van der Waals surface area contributed by atoms with Gasteiger partial charge in [-0.25, -0.2) is 0 Å². The third kappa shape index (κ3) is 3.52. The first-order valence-corrected chi connectivity index (χ1v) is 8.26. The Kier molecular flexibility index (Phi) is 4.39. The summed E-state index contributed by atoms with van der Waals surface area (Å²) in [5, 5.41) is 3.68. The highest BCUT2D eigenvalue weighted by Gasteiger charge is 2.33. The van der Waals surface area contributed by atoms with Crippen LogP contribution in [0, 0.1) is 11.3 Å². The molecule has 1 N–H and O–H groups in total. The van der Waals surface area contributed by atoms with Gasteiger partial charge in [0.15, 0.2) is 11.5 Å². The quantitative estimate of drug-likeness (QED) is 0.855. The van der Waals surface area contributed by atoms with Gasteiger partial charge in [-0.3, -0.25) is 0 Å². The first kappa shape index (κ1) is 14.7. The second-order valence-corrected chi connectivity index (χ2v) is 7.10. The van der Waals surface area contributed by atoms with Crippen LogP contribution in [0.4, 0.5) is 0 Å². The molecule has 1 aliphatic carbocycles. The van der Waals surface area contributed by atoms with E-state index < -0.39 is 0 Å².